The van der Waals surface area contributed by atoms with Gasteiger partial charge in [0, 0.05) is 6.07 Å². The van der Waals surface area contributed by atoms with Gasteiger partial charge in [-0.05, 0) is 12.1 Å². The van der Waals surface area contributed by atoms with Gasteiger partial charge < -0.3 is 4.42 Å². The molecule has 0 saturated carbocycles. The average molecular weight is 204 g/mol. The van der Waals surface area contributed by atoms with Crippen molar-refractivity contribution in [3.63, 3.8) is 0 Å². The highest BCUT2D eigenvalue weighted by Crippen LogP contribution is 2.06. The van der Waals surface area contributed by atoms with Crippen molar-refractivity contribution in [3.05, 3.63) is 46.8 Å². The van der Waals surface area contributed by atoms with E-state index in [1.54, 1.807) is 12.1 Å². The van der Waals surface area contributed by atoms with Crippen molar-refractivity contribution < 1.29 is 4.42 Å². The molecule has 0 amide bonds. The van der Waals surface area contributed by atoms with Crippen LogP contribution in [0.25, 0.3) is 11.0 Å². The molecule has 0 N–H and O–H groups in total. The monoisotopic (exact) mass is 204 g/mol. The fourth-order valence-corrected chi connectivity index (χ4v) is 1.03. The van der Waals surface area contributed by atoms with Crippen molar-refractivity contribution in [1.29, 1.82) is 0 Å². The number of para-hydroxylation sites is 1. The van der Waals surface area contributed by atoms with Gasteiger partial charge in [0.25, 0.3) is 0 Å². The normalized spacial score (nSPS) is 9.47. The third kappa shape index (κ3) is 3.24. The first-order valence-corrected chi connectivity index (χ1v) is 5.26. The van der Waals surface area contributed by atoms with E-state index in [9.17, 15) is 4.79 Å². The van der Waals surface area contributed by atoms with Crippen LogP contribution in [0.1, 0.15) is 26.7 Å². The molecule has 2 nitrogen and oxygen atoms in total. The summed E-state index contributed by atoms with van der Waals surface area (Å²) in [5.74, 6) is 0. The van der Waals surface area contributed by atoms with Gasteiger partial charge in [-0.2, -0.15) is 0 Å². The van der Waals surface area contributed by atoms with Gasteiger partial charge in [-0.3, -0.25) is 4.79 Å². The fraction of sp³-hybridized carbons (Fsp3) is 0.308. The molecule has 1 heterocycles. The molecular formula is C13H16O2. The van der Waals surface area contributed by atoms with Crippen LogP contribution in [0.15, 0.2) is 45.8 Å². The Morgan fingerprint density at radius 3 is 2.33 bits per heavy atom. The highest BCUT2D eigenvalue weighted by Gasteiger charge is 1.95. The van der Waals surface area contributed by atoms with E-state index >= 15 is 0 Å². The van der Waals surface area contributed by atoms with Crippen molar-refractivity contribution >= 4 is 11.0 Å². The molecular weight excluding hydrogens is 188 g/mol. The first kappa shape index (κ1) is 11.5. The number of benzene rings is 1. The summed E-state index contributed by atoms with van der Waals surface area (Å²) >= 11 is 0. The van der Waals surface area contributed by atoms with E-state index in [2.05, 4.69) is 13.8 Å². The number of hydrogen-bond acceptors (Lipinski definition) is 2. The summed E-state index contributed by atoms with van der Waals surface area (Å²) in [4.78, 5) is 11.1. The van der Waals surface area contributed by atoms with Gasteiger partial charge in [0.15, 0.2) is 5.43 Å². The molecule has 0 aliphatic heterocycles. The topological polar surface area (TPSA) is 30.2 Å². The molecule has 2 aromatic rings. The molecule has 0 radical (unpaired) electrons. The standard InChI is InChI=1S/C9H6O2.C4H10/c10-8-5-6-11-9-4-2-1-3-7(8)9;1-3-4-2/h1-6H;3-4H2,1-2H3. The van der Waals surface area contributed by atoms with Crippen LogP contribution in [-0.4, -0.2) is 0 Å². The zero-order valence-electron chi connectivity index (χ0n) is 9.19. The summed E-state index contributed by atoms with van der Waals surface area (Å²) in [7, 11) is 0. The maximum absolute atomic E-state index is 11.1. The molecule has 0 fully saturated rings. The summed E-state index contributed by atoms with van der Waals surface area (Å²) in [5, 5.41) is 0.634. The number of hydrogen-bond donors (Lipinski definition) is 0. The van der Waals surface area contributed by atoms with Crippen LogP contribution in [0.2, 0.25) is 0 Å². The second-order valence-corrected chi connectivity index (χ2v) is 3.28. The predicted octanol–water partition coefficient (Wildman–Crippen LogP) is 3.60. The van der Waals surface area contributed by atoms with E-state index < -0.39 is 0 Å². The second-order valence-electron chi connectivity index (χ2n) is 3.28. The Bertz CT molecular complexity index is 450. The molecule has 0 bridgehead atoms. The molecule has 1 aromatic heterocycles. The lowest BCUT2D eigenvalue weighted by Crippen LogP contribution is -1.96. The minimum absolute atomic E-state index is 0.00634. The average Bonchev–Trinajstić information content (AvgIpc) is 2.30. The fourth-order valence-electron chi connectivity index (χ4n) is 1.03. The highest BCUT2D eigenvalue weighted by molar-refractivity contribution is 5.75. The van der Waals surface area contributed by atoms with Crippen molar-refractivity contribution in [2.75, 3.05) is 0 Å². The van der Waals surface area contributed by atoms with Gasteiger partial charge in [0.1, 0.15) is 5.58 Å². The van der Waals surface area contributed by atoms with Crippen LogP contribution >= 0.6 is 0 Å². The molecule has 0 atom stereocenters. The lowest BCUT2D eigenvalue weighted by Gasteiger charge is -1.91. The van der Waals surface area contributed by atoms with Crippen LogP contribution < -0.4 is 5.43 Å². The molecule has 0 spiro atoms. The Morgan fingerprint density at radius 1 is 1.07 bits per heavy atom. The lowest BCUT2D eigenvalue weighted by atomic mass is 10.2. The Hall–Kier alpha value is -1.57. The van der Waals surface area contributed by atoms with Crippen LogP contribution in [0.3, 0.4) is 0 Å². The molecule has 80 valence electrons. The quantitative estimate of drug-likeness (QED) is 0.710. The SMILES string of the molecule is CCCC.O=c1ccoc2ccccc12. The van der Waals surface area contributed by atoms with Gasteiger partial charge in [0.2, 0.25) is 0 Å². The van der Waals surface area contributed by atoms with Crippen molar-refractivity contribution in [2.24, 2.45) is 0 Å². The van der Waals surface area contributed by atoms with Gasteiger partial charge in [-0.15, -0.1) is 0 Å². The summed E-state index contributed by atoms with van der Waals surface area (Å²) in [6.45, 7) is 4.36. The first-order chi connectivity index (χ1) is 7.29. The first-order valence-electron chi connectivity index (χ1n) is 5.26. The van der Waals surface area contributed by atoms with Gasteiger partial charge in [0.05, 0.1) is 11.6 Å². The molecule has 2 rings (SSSR count). The minimum atomic E-state index is 0.00634. The van der Waals surface area contributed by atoms with Crippen molar-refractivity contribution in [2.45, 2.75) is 26.7 Å². The molecule has 2 heteroatoms. The Kier molecular flexibility index (Phi) is 4.61. The van der Waals surface area contributed by atoms with E-state index in [0.717, 1.165) is 0 Å². The number of fused-ring (bicyclic) bond motifs is 1. The second kappa shape index (κ2) is 6.02. The minimum Gasteiger partial charge on any atom is -0.464 e. The van der Waals surface area contributed by atoms with Crippen molar-refractivity contribution in [1.82, 2.24) is 0 Å². The van der Waals surface area contributed by atoms with E-state index in [1.165, 1.54) is 25.2 Å². The van der Waals surface area contributed by atoms with Gasteiger partial charge >= 0.3 is 0 Å². The summed E-state index contributed by atoms with van der Waals surface area (Å²) in [6, 6.07) is 8.60. The van der Waals surface area contributed by atoms with E-state index in [4.69, 9.17) is 4.42 Å². The number of unbranched alkanes of at least 4 members (excludes halogenated alkanes) is 1. The molecule has 0 aliphatic rings. The lowest BCUT2D eigenvalue weighted by molar-refractivity contribution is 0.602. The van der Waals surface area contributed by atoms with Crippen LogP contribution in [0.5, 0.6) is 0 Å². The molecule has 1 aromatic carbocycles. The van der Waals surface area contributed by atoms with Crippen LogP contribution in [0, 0.1) is 0 Å². The molecule has 0 aliphatic carbocycles. The van der Waals surface area contributed by atoms with Gasteiger partial charge in [-0.1, -0.05) is 38.8 Å². The maximum atomic E-state index is 11.1. The summed E-state index contributed by atoms with van der Waals surface area (Å²) < 4.78 is 5.09. The Morgan fingerprint density at radius 2 is 1.73 bits per heavy atom. The Labute approximate surface area is 89.5 Å². The molecule has 0 unspecified atom stereocenters. The zero-order valence-corrected chi connectivity index (χ0v) is 9.19. The maximum Gasteiger partial charge on any atom is 0.192 e. The largest absolute Gasteiger partial charge is 0.464 e. The molecule has 0 saturated heterocycles. The third-order valence-corrected chi connectivity index (χ3v) is 2.07. The smallest absolute Gasteiger partial charge is 0.192 e. The van der Waals surface area contributed by atoms with Crippen molar-refractivity contribution in [3.8, 4) is 0 Å². The molecule has 15 heavy (non-hydrogen) atoms. The number of rotatable bonds is 1. The summed E-state index contributed by atoms with van der Waals surface area (Å²) in [5.41, 5.74) is 0.645. The van der Waals surface area contributed by atoms with E-state index in [-0.39, 0.29) is 5.43 Å². The van der Waals surface area contributed by atoms with Crippen LogP contribution in [-0.2, 0) is 0 Å². The van der Waals surface area contributed by atoms with E-state index in [1.807, 2.05) is 12.1 Å². The van der Waals surface area contributed by atoms with Gasteiger partial charge in [-0.25, -0.2) is 0 Å². The zero-order chi connectivity index (χ0) is 11.1. The third-order valence-electron chi connectivity index (χ3n) is 2.07. The highest BCUT2D eigenvalue weighted by atomic mass is 16.3. The Balaban J connectivity index is 0.000000245. The van der Waals surface area contributed by atoms with Crippen LogP contribution in [0.4, 0.5) is 0 Å². The predicted molar refractivity (Wildman–Crippen MR) is 63.1 cm³/mol. The van der Waals surface area contributed by atoms with E-state index in [0.29, 0.717) is 11.0 Å². The summed E-state index contributed by atoms with van der Waals surface area (Å²) in [6.07, 6.45) is 4.05.